The van der Waals surface area contributed by atoms with Gasteiger partial charge in [0.25, 0.3) is 11.8 Å². The summed E-state index contributed by atoms with van der Waals surface area (Å²) in [5.41, 5.74) is 8.62. The second-order valence-electron chi connectivity index (χ2n) is 32.4. The zero-order valence-electron chi connectivity index (χ0n) is 78.8. The van der Waals surface area contributed by atoms with E-state index in [1.54, 1.807) is 18.2 Å². The molecule has 4 N–H and O–H groups in total. The second kappa shape index (κ2) is 57.5. The van der Waals surface area contributed by atoms with Gasteiger partial charge in [-0.1, -0.05) is 452 Å². The molecule has 137 heavy (non-hydrogen) atoms. The van der Waals surface area contributed by atoms with E-state index in [2.05, 4.69) is 404 Å². The molecule has 18 rings (SSSR count). The molecule has 2 fully saturated rings. The predicted octanol–water partition coefficient (Wildman–Crippen LogP) is 21.3. The third-order valence-corrected chi connectivity index (χ3v) is 34.1. The molecule has 0 radical (unpaired) electrons. The Morgan fingerprint density at radius 1 is 0.277 bits per heavy atom. The number of carbonyl (C=O) groups excluding carboxylic acids is 2. The van der Waals surface area contributed by atoms with Gasteiger partial charge < -0.3 is 39.9 Å². The number of benzene rings is 16. The van der Waals surface area contributed by atoms with E-state index in [0.29, 0.717) is 24.4 Å². The molecule has 0 aromatic heterocycles. The molecule has 0 unspecified atom stereocenters. The Kier molecular flexibility index (Phi) is 44.4. The van der Waals surface area contributed by atoms with Crippen molar-refractivity contribution in [3.63, 3.8) is 0 Å². The maximum atomic E-state index is 12.6. The number of hydrogen-bond donors (Lipinski definition) is 4. The summed E-state index contributed by atoms with van der Waals surface area (Å²) in [4.78, 5) is 33.3. The van der Waals surface area contributed by atoms with Gasteiger partial charge in [0, 0.05) is 99.4 Å². The Morgan fingerprint density at radius 2 is 0.474 bits per heavy atom. The number of nitrogens with zero attached hydrogens (tertiary/aromatic N) is 4. The Labute approximate surface area is 840 Å². The quantitative estimate of drug-likeness (QED) is 0.0390. The standard InChI is InChI=1S/C24H30N2O2.C18H25BrN2O.4C18H15P.C6H7BO3.Pd/c1-4-26(5-2)24(28)20-12-10-18(11-13-20)23(19-14-16-25(3)17-15-19)21-8-6-7-9-22(21)27;1-4-21(5-2)18(22)16-8-6-14(7-9-16)17(19)15-10-12-20(3)13-11-15;4*1-4-10-16(11-5-1)19(17-12-6-2-7-13-17)18-14-8-3-9-15-18;8-6-4-2-1-3-5(6)7(9)10;/h6-13,27H,4-5,14-17H2,1-3H3;6-9H,4-5,10-13H2,1-3H3;4*1-15H;1-4,8-10H;. The van der Waals surface area contributed by atoms with Crippen LogP contribution in [0.3, 0.4) is 0 Å². The number of hydrogen-bond acceptors (Lipinski definition) is 8. The molecule has 698 valence electrons. The van der Waals surface area contributed by atoms with Gasteiger partial charge in [0.2, 0.25) is 0 Å². The summed E-state index contributed by atoms with van der Waals surface area (Å²) in [7, 11) is 0.928. The minimum absolute atomic E-state index is 0. The topological polar surface area (TPSA) is 128 Å². The van der Waals surface area contributed by atoms with Gasteiger partial charge in [0.1, 0.15) is 11.5 Å². The van der Waals surface area contributed by atoms with Crippen LogP contribution in [0.1, 0.15) is 90.8 Å². The van der Waals surface area contributed by atoms with Crippen LogP contribution < -0.4 is 69.1 Å². The van der Waals surface area contributed by atoms with E-state index < -0.39 is 38.8 Å². The van der Waals surface area contributed by atoms with E-state index in [1.165, 1.54) is 91.4 Å². The number of carbonyl (C=O) groups is 2. The number of likely N-dealkylation sites (tertiary alicyclic amines) is 2. The average Bonchev–Trinajstić information content (AvgIpc) is 0.789. The smallest absolute Gasteiger partial charge is 0.492 e. The molecule has 0 atom stereocenters. The van der Waals surface area contributed by atoms with Crippen LogP contribution in [-0.4, -0.2) is 125 Å². The fraction of sp³-hybridized carbons (Fsp3) is 0.150. The Balaban J connectivity index is 0.000000155. The van der Waals surface area contributed by atoms with Gasteiger partial charge in [0.15, 0.2) is 0 Å². The van der Waals surface area contributed by atoms with Crippen LogP contribution in [-0.2, 0) is 20.4 Å². The number of para-hydroxylation sites is 2. The Morgan fingerprint density at radius 3 is 0.686 bits per heavy atom. The largest absolute Gasteiger partial charge is 0.508 e. The number of amides is 2. The van der Waals surface area contributed by atoms with Crippen molar-refractivity contribution < 1.29 is 50.3 Å². The van der Waals surface area contributed by atoms with Crippen LogP contribution in [0.4, 0.5) is 0 Å². The van der Waals surface area contributed by atoms with Gasteiger partial charge >= 0.3 is 7.12 Å². The van der Waals surface area contributed by atoms with Crippen LogP contribution in [0.2, 0.25) is 0 Å². The first-order valence-electron chi connectivity index (χ1n) is 46.6. The molecule has 0 bridgehead atoms. The molecule has 2 aliphatic rings. The van der Waals surface area contributed by atoms with Crippen LogP contribution in [0.25, 0.3) is 10.1 Å². The third-order valence-electron chi connectivity index (χ3n) is 23.3. The Hall–Kier alpha value is -11.7. The predicted molar refractivity (Wildman–Crippen MR) is 589 cm³/mol. The Bertz CT molecular complexity index is 5380. The zero-order chi connectivity index (χ0) is 95.4. The molecular weight excluding hydrogens is 1910 g/mol. The first-order chi connectivity index (χ1) is 66.6. The van der Waals surface area contributed by atoms with E-state index in [4.69, 9.17) is 15.2 Å². The molecule has 2 aliphatic heterocycles. The number of rotatable bonds is 22. The molecule has 16 aromatic rings. The number of aromatic hydroxyl groups is 2. The van der Waals surface area contributed by atoms with Crippen molar-refractivity contribution in [2.75, 3.05) is 66.5 Å². The van der Waals surface area contributed by atoms with Crippen molar-refractivity contribution in [2.45, 2.75) is 53.4 Å². The van der Waals surface area contributed by atoms with Gasteiger partial charge in [-0.2, -0.15) is 0 Å². The van der Waals surface area contributed by atoms with Crippen LogP contribution in [0.15, 0.2) is 472 Å². The van der Waals surface area contributed by atoms with Gasteiger partial charge in [-0.3, -0.25) is 9.59 Å². The minimum Gasteiger partial charge on any atom is -0.508 e. The number of phenolic OH excluding ortho intramolecular Hbond substituents is 2. The van der Waals surface area contributed by atoms with Crippen molar-refractivity contribution in [1.82, 2.24) is 19.6 Å². The molecular formula is C120H122BBrN4O6P4Pd. The summed E-state index contributed by atoms with van der Waals surface area (Å²) < 4.78 is 1.20. The van der Waals surface area contributed by atoms with Gasteiger partial charge in [-0.05, 0) is 216 Å². The average molecular weight is 2040 g/mol. The summed E-state index contributed by atoms with van der Waals surface area (Å²) in [6, 6.07) is 159. The molecule has 10 nitrogen and oxygen atoms in total. The number of halogens is 1. The zero-order valence-corrected chi connectivity index (χ0v) is 85.5. The van der Waals surface area contributed by atoms with Crippen LogP contribution in [0, 0.1) is 0 Å². The molecule has 0 aliphatic carbocycles. The van der Waals surface area contributed by atoms with Crippen LogP contribution >= 0.6 is 47.6 Å². The van der Waals surface area contributed by atoms with Gasteiger partial charge in [-0.25, -0.2) is 0 Å². The molecule has 16 aromatic carbocycles. The molecule has 2 amide bonds. The summed E-state index contributed by atoms with van der Waals surface area (Å²) in [5, 5.41) is 53.4. The van der Waals surface area contributed by atoms with E-state index in [9.17, 15) is 14.7 Å². The fourth-order valence-corrected chi connectivity index (χ4v) is 25.9. The van der Waals surface area contributed by atoms with Crippen molar-refractivity contribution in [3.8, 4) is 11.5 Å². The van der Waals surface area contributed by atoms with Gasteiger partial charge in [-0.15, -0.1) is 0 Å². The summed E-state index contributed by atoms with van der Waals surface area (Å²) >= 11 is 3.75. The van der Waals surface area contributed by atoms with E-state index in [0.717, 1.165) is 92.8 Å². The number of phenols is 2. The molecule has 0 saturated carbocycles. The maximum absolute atomic E-state index is 12.6. The van der Waals surface area contributed by atoms with Crippen molar-refractivity contribution in [3.05, 3.63) is 500 Å². The SMILES string of the molecule is CCN(CC)C(=O)c1ccc(C(=C2CCN(C)CC2)c2ccccc2O)cc1.CCN(CC)C(=O)c1ccc(C(Br)=C2CCN(C)CC2)cc1.OB(O)c1ccccc1O.[Pd].c1ccc(P(c2ccccc2)c2ccccc2)cc1.c1ccc(P(c2ccccc2)c2ccccc2)cc1.c1ccc(P(c2ccccc2)c2ccccc2)cc1.c1ccc(P(c2ccccc2)c2ccccc2)cc1. The second-order valence-corrected chi connectivity index (χ2v) is 42.1. The number of piperidine rings is 2. The molecule has 0 spiro atoms. The summed E-state index contributed by atoms with van der Waals surface area (Å²) in [6.45, 7) is 15.2. The third kappa shape index (κ3) is 31.7. The maximum Gasteiger partial charge on any atom is 0.492 e. The minimum atomic E-state index is -1.60. The van der Waals surface area contributed by atoms with Gasteiger partial charge in [0.05, 0.1) is 0 Å². The molecule has 2 saturated heterocycles. The molecule has 2 heterocycles. The normalized spacial score (nSPS) is 12.1. The van der Waals surface area contributed by atoms with Crippen molar-refractivity contribution in [1.29, 1.82) is 0 Å². The summed E-state index contributed by atoms with van der Waals surface area (Å²) in [5.74, 6) is 0.372. The molecule has 17 heteroatoms. The van der Waals surface area contributed by atoms with E-state index in [1.807, 2.05) is 104 Å². The van der Waals surface area contributed by atoms with E-state index >= 15 is 0 Å². The first kappa shape index (κ1) is 106. The van der Waals surface area contributed by atoms with Crippen molar-refractivity contribution in [2.24, 2.45) is 0 Å². The van der Waals surface area contributed by atoms with Crippen molar-refractivity contribution >= 4 is 146 Å². The monoisotopic (exact) mass is 2030 g/mol. The van der Waals surface area contributed by atoms with Crippen LogP contribution in [0.5, 0.6) is 11.5 Å². The fourth-order valence-electron chi connectivity index (χ4n) is 16.0. The summed E-state index contributed by atoms with van der Waals surface area (Å²) in [6.07, 6.45) is 4.19. The first-order valence-corrected chi connectivity index (χ1v) is 52.8. The van der Waals surface area contributed by atoms with E-state index in [-0.39, 0.29) is 43.4 Å².